The van der Waals surface area contributed by atoms with Crippen LogP contribution in [0.2, 0.25) is 0 Å². The van der Waals surface area contributed by atoms with Crippen molar-refractivity contribution in [2.24, 2.45) is 0 Å². The van der Waals surface area contributed by atoms with Crippen molar-refractivity contribution < 1.29 is 18.3 Å². The van der Waals surface area contributed by atoms with Crippen LogP contribution in [-0.4, -0.2) is 35.8 Å². The molecule has 9 heteroatoms. The standard InChI is InChI=1S/C22H23F2N5O2/c1-15(14-31-2)27-21-25-11-10-20(28-21)29(19-8-6-17(23)7-9-19)22(30)26-13-16-4-3-5-18(24)12-16/h3-12,15H,13-14H2,1-2H3,(H,26,30)(H,25,27,28). The summed E-state index contributed by atoms with van der Waals surface area (Å²) in [5.41, 5.74) is 1.01. The maximum absolute atomic E-state index is 13.4. The highest BCUT2D eigenvalue weighted by atomic mass is 19.1. The number of amides is 2. The Labute approximate surface area is 179 Å². The minimum Gasteiger partial charge on any atom is -0.383 e. The predicted molar refractivity (Wildman–Crippen MR) is 114 cm³/mol. The van der Waals surface area contributed by atoms with Crippen LogP contribution >= 0.6 is 0 Å². The second-order valence-corrected chi connectivity index (χ2v) is 6.84. The van der Waals surface area contributed by atoms with Gasteiger partial charge in [-0.05, 0) is 48.9 Å². The number of carbonyl (C=O) groups is 1. The average Bonchev–Trinajstić information content (AvgIpc) is 2.74. The first kappa shape index (κ1) is 22.1. The first-order valence-electron chi connectivity index (χ1n) is 9.62. The summed E-state index contributed by atoms with van der Waals surface area (Å²) in [6.45, 7) is 2.46. The van der Waals surface area contributed by atoms with E-state index in [0.29, 0.717) is 23.8 Å². The molecule has 1 atom stereocenters. The quantitative estimate of drug-likeness (QED) is 0.562. The third-order valence-corrected chi connectivity index (χ3v) is 4.28. The summed E-state index contributed by atoms with van der Waals surface area (Å²) < 4.78 is 32.0. The molecule has 0 saturated carbocycles. The van der Waals surface area contributed by atoms with E-state index >= 15 is 0 Å². The zero-order valence-electron chi connectivity index (χ0n) is 17.2. The second kappa shape index (κ2) is 10.4. The van der Waals surface area contributed by atoms with Crippen LogP contribution in [0.3, 0.4) is 0 Å². The van der Waals surface area contributed by atoms with Crippen molar-refractivity contribution in [2.45, 2.75) is 19.5 Å². The number of anilines is 3. The third-order valence-electron chi connectivity index (χ3n) is 4.28. The number of carbonyl (C=O) groups excluding carboxylic acids is 1. The Balaban J connectivity index is 1.86. The lowest BCUT2D eigenvalue weighted by Gasteiger charge is -2.23. The van der Waals surface area contributed by atoms with Gasteiger partial charge in [0.15, 0.2) is 0 Å². The minimum absolute atomic E-state index is 0.0543. The number of nitrogens with one attached hydrogen (secondary N) is 2. The van der Waals surface area contributed by atoms with Gasteiger partial charge in [0.2, 0.25) is 5.95 Å². The van der Waals surface area contributed by atoms with Crippen LogP contribution in [0.25, 0.3) is 0 Å². The first-order chi connectivity index (χ1) is 15.0. The molecule has 0 bridgehead atoms. The Morgan fingerprint density at radius 2 is 1.90 bits per heavy atom. The van der Waals surface area contributed by atoms with Crippen molar-refractivity contribution in [3.05, 3.63) is 78.0 Å². The van der Waals surface area contributed by atoms with Crippen molar-refractivity contribution in [3.63, 3.8) is 0 Å². The van der Waals surface area contributed by atoms with Gasteiger partial charge in [-0.15, -0.1) is 0 Å². The van der Waals surface area contributed by atoms with Gasteiger partial charge in [-0.2, -0.15) is 4.98 Å². The molecule has 0 aliphatic heterocycles. The number of rotatable bonds is 8. The van der Waals surface area contributed by atoms with Crippen molar-refractivity contribution in [1.29, 1.82) is 0 Å². The molecule has 7 nitrogen and oxygen atoms in total. The van der Waals surface area contributed by atoms with E-state index in [-0.39, 0.29) is 24.2 Å². The van der Waals surface area contributed by atoms with E-state index in [0.717, 1.165) is 0 Å². The lowest BCUT2D eigenvalue weighted by molar-refractivity contribution is 0.190. The largest absolute Gasteiger partial charge is 0.383 e. The molecule has 0 radical (unpaired) electrons. The number of aromatic nitrogens is 2. The molecule has 2 amide bonds. The van der Waals surface area contributed by atoms with Crippen LogP contribution < -0.4 is 15.5 Å². The highest BCUT2D eigenvalue weighted by Crippen LogP contribution is 2.25. The first-order valence-corrected chi connectivity index (χ1v) is 9.62. The summed E-state index contributed by atoms with van der Waals surface area (Å²) in [6, 6.07) is 12.4. The summed E-state index contributed by atoms with van der Waals surface area (Å²) in [5, 5.41) is 5.84. The van der Waals surface area contributed by atoms with E-state index in [1.54, 1.807) is 25.3 Å². The highest BCUT2D eigenvalue weighted by molar-refractivity contribution is 5.98. The van der Waals surface area contributed by atoms with Gasteiger partial charge in [0.05, 0.1) is 12.3 Å². The van der Waals surface area contributed by atoms with Crippen LogP contribution in [-0.2, 0) is 11.3 Å². The number of hydrogen-bond acceptors (Lipinski definition) is 5. The van der Waals surface area contributed by atoms with Crippen LogP contribution in [0.5, 0.6) is 0 Å². The Bertz CT molecular complexity index is 1020. The minimum atomic E-state index is -0.509. The fourth-order valence-corrected chi connectivity index (χ4v) is 2.90. The van der Waals surface area contributed by atoms with E-state index in [9.17, 15) is 13.6 Å². The highest BCUT2D eigenvalue weighted by Gasteiger charge is 2.20. The summed E-state index contributed by atoms with van der Waals surface area (Å²) in [5.74, 6) is -0.223. The molecule has 3 aromatic rings. The van der Waals surface area contributed by atoms with Gasteiger partial charge in [-0.1, -0.05) is 12.1 Å². The Morgan fingerprint density at radius 3 is 2.61 bits per heavy atom. The van der Waals surface area contributed by atoms with Crippen LogP contribution in [0.1, 0.15) is 12.5 Å². The van der Waals surface area contributed by atoms with Gasteiger partial charge >= 0.3 is 6.03 Å². The molecule has 1 aromatic heterocycles. The van der Waals surface area contributed by atoms with E-state index < -0.39 is 11.8 Å². The summed E-state index contributed by atoms with van der Waals surface area (Å²) in [6.07, 6.45) is 1.51. The molecule has 0 spiro atoms. The summed E-state index contributed by atoms with van der Waals surface area (Å²) in [7, 11) is 1.59. The Hall–Kier alpha value is -3.59. The number of ether oxygens (including phenoxy) is 1. The van der Waals surface area contributed by atoms with E-state index in [2.05, 4.69) is 20.6 Å². The van der Waals surface area contributed by atoms with Crippen LogP contribution in [0.4, 0.5) is 31.0 Å². The third kappa shape index (κ3) is 6.19. The summed E-state index contributed by atoms with van der Waals surface area (Å²) in [4.78, 5) is 22.9. The molecule has 1 heterocycles. The van der Waals surface area contributed by atoms with Gasteiger partial charge in [0, 0.05) is 32.0 Å². The monoisotopic (exact) mass is 427 g/mol. The van der Waals surface area contributed by atoms with Gasteiger partial charge in [0.1, 0.15) is 17.5 Å². The van der Waals surface area contributed by atoms with Crippen molar-refractivity contribution in [2.75, 3.05) is 23.9 Å². The molecule has 0 aliphatic rings. The molecule has 0 fully saturated rings. The maximum atomic E-state index is 13.4. The summed E-state index contributed by atoms with van der Waals surface area (Å²) >= 11 is 0. The molecule has 31 heavy (non-hydrogen) atoms. The molecule has 162 valence electrons. The number of halogens is 2. The number of benzene rings is 2. The van der Waals surface area contributed by atoms with E-state index in [1.165, 1.54) is 47.5 Å². The fraction of sp³-hybridized carbons (Fsp3) is 0.227. The van der Waals surface area contributed by atoms with Gasteiger partial charge in [-0.3, -0.25) is 0 Å². The molecular formula is C22H23F2N5O2. The van der Waals surface area contributed by atoms with Crippen molar-refractivity contribution in [3.8, 4) is 0 Å². The van der Waals surface area contributed by atoms with Gasteiger partial charge in [-0.25, -0.2) is 23.5 Å². The topological polar surface area (TPSA) is 79.4 Å². The Kier molecular flexibility index (Phi) is 7.45. The molecule has 0 saturated heterocycles. The number of hydrogen-bond donors (Lipinski definition) is 2. The van der Waals surface area contributed by atoms with E-state index in [1.807, 2.05) is 6.92 Å². The van der Waals surface area contributed by atoms with Crippen molar-refractivity contribution >= 4 is 23.5 Å². The second-order valence-electron chi connectivity index (χ2n) is 6.84. The smallest absolute Gasteiger partial charge is 0.327 e. The average molecular weight is 427 g/mol. The maximum Gasteiger partial charge on any atom is 0.327 e. The van der Waals surface area contributed by atoms with Gasteiger partial charge in [0.25, 0.3) is 0 Å². The molecule has 0 aliphatic carbocycles. The molecular weight excluding hydrogens is 404 g/mol. The SMILES string of the molecule is COCC(C)Nc1nccc(N(C(=O)NCc2cccc(F)c2)c2ccc(F)cc2)n1. The van der Waals surface area contributed by atoms with Gasteiger partial charge < -0.3 is 15.4 Å². The van der Waals surface area contributed by atoms with Crippen LogP contribution in [0.15, 0.2) is 60.8 Å². The lowest BCUT2D eigenvalue weighted by atomic mass is 10.2. The predicted octanol–water partition coefficient (Wildman–Crippen LogP) is 4.25. The molecule has 2 aromatic carbocycles. The normalized spacial score (nSPS) is 11.6. The van der Waals surface area contributed by atoms with Crippen LogP contribution in [0, 0.1) is 11.6 Å². The molecule has 1 unspecified atom stereocenters. The fourth-order valence-electron chi connectivity index (χ4n) is 2.90. The zero-order valence-corrected chi connectivity index (χ0v) is 17.2. The van der Waals surface area contributed by atoms with Crippen molar-refractivity contribution in [1.82, 2.24) is 15.3 Å². The van der Waals surface area contributed by atoms with E-state index in [4.69, 9.17) is 4.74 Å². The number of urea groups is 1. The molecule has 3 rings (SSSR count). The zero-order chi connectivity index (χ0) is 22.2. The number of methoxy groups -OCH3 is 1. The molecule has 2 N–H and O–H groups in total. The Morgan fingerprint density at radius 1 is 1.13 bits per heavy atom. The number of nitrogens with zero attached hydrogens (tertiary/aromatic N) is 3. The lowest BCUT2D eigenvalue weighted by Crippen LogP contribution is -2.37.